The Morgan fingerprint density at radius 3 is 2.57 bits per heavy atom. The Balaban J connectivity index is 1.56. The van der Waals surface area contributed by atoms with Crippen LogP contribution in [0.2, 0.25) is 0 Å². The van der Waals surface area contributed by atoms with Crippen LogP contribution in [0.3, 0.4) is 0 Å². The average Bonchev–Trinajstić information content (AvgIpc) is 3.09. The molecule has 1 aromatic rings. The van der Waals surface area contributed by atoms with Gasteiger partial charge in [-0.1, -0.05) is 18.9 Å². The first-order chi connectivity index (χ1) is 23.6. The molecule has 49 heavy (non-hydrogen) atoms. The number of aliphatic hydroxyl groups is 2. The largest absolute Gasteiger partial charge is 0.504 e. The van der Waals surface area contributed by atoms with Crippen LogP contribution in [-0.2, 0) is 36.7 Å². The molecule has 11 nitrogen and oxygen atoms in total. The maximum atomic E-state index is 14.7. The topological polar surface area (TPSA) is 164 Å². The van der Waals surface area contributed by atoms with E-state index >= 15 is 0 Å². The van der Waals surface area contributed by atoms with Crippen molar-refractivity contribution in [2.45, 2.75) is 140 Å². The molecule has 0 aromatic heterocycles. The molecule has 1 amide bonds. The van der Waals surface area contributed by atoms with Gasteiger partial charge < -0.3 is 40.2 Å². The number of piperidine rings is 2. The van der Waals surface area contributed by atoms with E-state index in [1.165, 1.54) is 6.92 Å². The van der Waals surface area contributed by atoms with Crippen molar-refractivity contribution in [3.8, 4) is 11.5 Å². The normalized spacial score (nSPS) is 25.7. The van der Waals surface area contributed by atoms with Gasteiger partial charge >= 0.3 is 11.9 Å². The Morgan fingerprint density at radius 2 is 1.84 bits per heavy atom. The minimum atomic E-state index is -1.08. The molecule has 3 fully saturated rings. The van der Waals surface area contributed by atoms with E-state index in [1.807, 2.05) is 6.07 Å². The smallest absolute Gasteiger partial charge is 0.332 e. The molecule has 11 heteroatoms. The fourth-order valence-corrected chi connectivity index (χ4v) is 9.08. The van der Waals surface area contributed by atoms with E-state index in [4.69, 9.17) is 14.2 Å². The Labute approximate surface area is 290 Å². The van der Waals surface area contributed by atoms with Crippen molar-refractivity contribution in [2.75, 3.05) is 26.3 Å². The fourth-order valence-electron chi connectivity index (χ4n) is 9.08. The lowest BCUT2D eigenvalue weighted by Crippen LogP contribution is -2.65. The molecule has 1 aliphatic carbocycles. The molecule has 3 heterocycles. The summed E-state index contributed by atoms with van der Waals surface area (Å²) < 4.78 is 18.8. The Kier molecular flexibility index (Phi) is 12.9. The van der Waals surface area contributed by atoms with Gasteiger partial charge in [-0.2, -0.15) is 0 Å². The monoisotopic (exact) mass is 686 g/mol. The molecule has 6 unspecified atom stereocenters. The number of aliphatic hydroxyl groups excluding tert-OH is 2. The predicted molar refractivity (Wildman–Crippen MR) is 183 cm³/mol. The molecule has 1 aromatic carbocycles. The lowest BCUT2D eigenvalue weighted by Gasteiger charge is -2.49. The molecule has 6 atom stereocenters. The van der Waals surface area contributed by atoms with Gasteiger partial charge in [0.15, 0.2) is 11.5 Å². The van der Waals surface area contributed by atoms with Gasteiger partial charge in [0.1, 0.15) is 17.7 Å². The summed E-state index contributed by atoms with van der Waals surface area (Å²) in [5.41, 5.74) is 0.400. The highest BCUT2D eigenvalue weighted by molar-refractivity contribution is 5.90. The summed E-state index contributed by atoms with van der Waals surface area (Å²) in [6.45, 7) is 5.08. The zero-order chi connectivity index (χ0) is 35.0. The number of carbonyl (C=O) groups excluding carboxylic acids is 3. The number of esters is 2. The third-order valence-electron chi connectivity index (χ3n) is 11.7. The number of fused-ring (bicyclic) bond motifs is 2. The fraction of sp³-hybridized carbons (Fsp3) is 0.763. The molecule has 0 spiro atoms. The standard InChI is InChI=1S/C38H58N2O9/c1-25(42)10-11-27(7-5-21-41)32(48-26(2)43)23-33(49-36(46)38-16-4-3-8-29(38)13-15-34(45)40-38)37(17-19-39-20-18-37)24-28-12-14-31(44)35-30(28)9-6-22-47-35/h12,14,25,27,29,32-33,39,41-42,44H,3-11,13,15-24H2,1-2H3,(H,40,45). The van der Waals surface area contributed by atoms with Crippen LogP contribution in [0.15, 0.2) is 12.1 Å². The second kappa shape index (κ2) is 16.9. The predicted octanol–water partition coefficient (Wildman–Crippen LogP) is 4.25. The first-order valence-electron chi connectivity index (χ1n) is 18.7. The highest BCUT2D eigenvalue weighted by Crippen LogP contribution is 2.47. The quantitative estimate of drug-likeness (QED) is 0.169. The molecular weight excluding hydrogens is 628 g/mol. The summed E-state index contributed by atoms with van der Waals surface area (Å²) in [5, 5.41) is 37.2. The number of aromatic hydroxyl groups is 1. The van der Waals surface area contributed by atoms with Gasteiger partial charge in [-0.15, -0.1) is 0 Å². The number of hydrogen-bond acceptors (Lipinski definition) is 10. The van der Waals surface area contributed by atoms with Crippen molar-refractivity contribution in [3.05, 3.63) is 23.3 Å². The van der Waals surface area contributed by atoms with Gasteiger partial charge in [-0.05, 0) is 121 Å². The average molecular weight is 687 g/mol. The van der Waals surface area contributed by atoms with E-state index in [1.54, 1.807) is 13.0 Å². The van der Waals surface area contributed by atoms with Crippen LogP contribution in [-0.4, -0.2) is 83.3 Å². The number of phenols is 1. The molecular formula is C38H58N2O9. The minimum absolute atomic E-state index is 0.00458. The first-order valence-corrected chi connectivity index (χ1v) is 18.7. The lowest BCUT2D eigenvalue weighted by atomic mass is 9.66. The van der Waals surface area contributed by atoms with Gasteiger partial charge in [-0.3, -0.25) is 9.59 Å². The van der Waals surface area contributed by atoms with Crippen LogP contribution in [0.25, 0.3) is 0 Å². The van der Waals surface area contributed by atoms with E-state index < -0.39 is 41.2 Å². The van der Waals surface area contributed by atoms with E-state index in [-0.39, 0.29) is 36.5 Å². The van der Waals surface area contributed by atoms with Crippen LogP contribution >= 0.6 is 0 Å². The molecule has 2 saturated heterocycles. The van der Waals surface area contributed by atoms with Crippen molar-refractivity contribution in [2.24, 2.45) is 17.3 Å². The van der Waals surface area contributed by atoms with Gasteiger partial charge in [0, 0.05) is 37.4 Å². The number of nitrogens with one attached hydrogen (secondary N) is 2. The van der Waals surface area contributed by atoms with Crippen molar-refractivity contribution in [1.82, 2.24) is 10.6 Å². The number of phenolic OH excluding ortho intramolecular Hbond substituents is 1. The lowest BCUT2D eigenvalue weighted by molar-refractivity contribution is -0.179. The molecule has 0 bridgehead atoms. The van der Waals surface area contributed by atoms with Gasteiger partial charge in [0.2, 0.25) is 5.91 Å². The van der Waals surface area contributed by atoms with Crippen molar-refractivity contribution in [3.63, 3.8) is 0 Å². The second-order valence-electron chi connectivity index (χ2n) is 15.1. The molecule has 5 N–H and O–H groups in total. The van der Waals surface area contributed by atoms with Crippen molar-refractivity contribution < 1.29 is 43.9 Å². The van der Waals surface area contributed by atoms with Crippen LogP contribution in [0, 0.1) is 17.3 Å². The summed E-state index contributed by atoms with van der Waals surface area (Å²) in [4.78, 5) is 40.2. The van der Waals surface area contributed by atoms with Crippen molar-refractivity contribution in [1.29, 1.82) is 0 Å². The minimum Gasteiger partial charge on any atom is -0.504 e. The maximum Gasteiger partial charge on any atom is 0.332 e. The number of carbonyl (C=O) groups is 3. The zero-order valence-corrected chi connectivity index (χ0v) is 29.5. The zero-order valence-electron chi connectivity index (χ0n) is 29.5. The summed E-state index contributed by atoms with van der Waals surface area (Å²) in [6.07, 6.45) is 8.46. The Bertz CT molecular complexity index is 1300. The SMILES string of the molecule is CC(=O)OC(CC(OC(=O)C12CCCCC1CCC(=O)N2)C1(Cc2ccc(O)c3c2CCCO3)CCNCC1)C(CCCO)CCC(C)O. The summed E-state index contributed by atoms with van der Waals surface area (Å²) in [5.74, 6) is -0.483. The summed E-state index contributed by atoms with van der Waals surface area (Å²) in [7, 11) is 0. The number of rotatable bonds is 15. The number of amides is 1. The van der Waals surface area contributed by atoms with Gasteiger partial charge in [-0.25, -0.2) is 4.79 Å². The third-order valence-corrected chi connectivity index (χ3v) is 11.7. The van der Waals surface area contributed by atoms with Gasteiger partial charge in [0.25, 0.3) is 0 Å². The van der Waals surface area contributed by atoms with Gasteiger partial charge in [0.05, 0.1) is 12.7 Å². The third kappa shape index (κ3) is 8.89. The maximum absolute atomic E-state index is 14.7. The molecule has 0 radical (unpaired) electrons. The van der Waals surface area contributed by atoms with Crippen molar-refractivity contribution >= 4 is 17.8 Å². The van der Waals surface area contributed by atoms with Crippen LogP contribution in [0.1, 0.15) is 115 Å². The van der Waals surface area contributed by atoms with Crippen LogP contribution in [0.4, 0.5) is 0 Å². The summed E-state index contributed by atoms with van der Waals surface area (Å²) in [6, 6.07) is 3.64. The van der Waals surface area contributed by atoms with E-state index in [0.29, 0.717) is 89.7 Å². The number of benzene rings is 1. The summed E-state index contributed by atoms with van der Waals surface area (Å²) >= 11 is 0. The highest BCUT2D eigenvalue weighted by atomic mass is 16.6. The Hall–Kier alpha value is -2.89. The Morgan fingerprint density at radius 1 is 1.04 bits per heavy atom. The molecule has 274 valence electrons. The second-order valence-corrected chi connectivity index (χ2v) is 15.1. The highest BCUT2D eigenvalue weighted by Gasteiger charge is 2.54. The van der Waals surface area contributed by atoms with Crippen LogP contribution in [0.5, 0.6) is 11.5 Å². The molecule has 4 aliphatic rings. The van der Waals surface area contributed by atoms with Crippen LogP contribution < -0.4 is 15.4 Å². The molecule has 5 rings (SSSR count). The van der Waals surface area contributed by atoms with E-state index in [9.17, 15) is 29.7 Å². The van der Waals surface area contributed by atoms with E-state index in [2.05, 4.69) is 10.6 Å². The first kappa shape index (κ1) is 37.4. The molecule has 3 aliphatic heterocycles. The van der Waals surface area contributed by atoms with E-state index in [0.717, 1.165) is 43.2 Å². The molecule has 1 saturated carbocycles. The number of hydrogen-bond donors (Lipinski definition) is 5. The number of ether oxygens (including phenoxy) is 3.